The van der Waals surface area contributed by atoms with Crippen LogP contribution in [0.5, 0.6) is 5.75 Å². The van der Waals surface area contributed by atoms with Crippen molar-refractivity contribution in [2.45, 2.75) is 11.1 Å². The number of hydrogen-bond acceptors (Lipinski definition) is 4. The third kappa shape index (κ3) is 2.93. The standard InChI is InChI=1S/C12H12BrNO3S2/c1-2-14(9-4-3-5-10(15)8-9)19(16,17)12-7-6-11(13)18-12/h3-8,15H,2H2,1H3. The molecule has 0 aliphatic heterocycles. The highest BCUT2D eigenvalue weighted by molar-refractivity contribution is 9.11. The smallest absolute Gasteiger partial charge is 0.273 e. The molecule has 0 amide bonds. The van der Waals surface area contributed by atoms with Crippen molar-refractivity contribution < 1.29 is 13.5 Å². The number of phenols is 1. The molecule has 0 saturated carbocycles. The van der Waals surface area contributed by atoms with Crippen LogP contribution in [0.15, 0.2) is 44.4 Å². The lowest BCUT2D eigenvalue weighted by Gasteiger charge is -2.22. The zero-order chi connectivity index (χ0) is 14.0. The summed E-state index contributed by atoms with van der Waals surface area (Å²) < 4.78 is 27.3. The van der Waals surface area contributed by atoms with Gasteiger partial charge in [-0.15, -0.1) is 11.3 Å². The van der Waals surface area contributed by atoms with Gasteiger partial charge in [0.2, 0.25) is 0 Å². The molecule has 0 saturated heterocycles. The Kier molecular flexibility index (Phi) is 4.17. The first kappa shape index (κ1) is 14.4. The van der Waals surface area contributed by atoms with Gasteiger partial charge in [-0.05, 0) is 47.1 Å². The Morgan fingerprint density at radius 2 is 2.05 bits per heavy atom. The van der Waals surface area contributed by atoms with Gasteiger partial charge in [0.15, 0.2) is 0 Å². The molecule has 0 aliphatic carbocycles. The summed E-state index contributed by atoms with van der Waals surface area (Å²) in [6, 6.07) is 9.48. The lowest BCUT2D eigenvalue weighted by atomic mass is 10.3. The van der Waals surface area contributed by atoms with Crippen molar-refractivity contribution in [3.05, 3.63) is 40.2 Å². The van der Waals surface area contributed by atoms with Gasteiger partial charge in [0.25, 0.3) is 10.0 Å². The van der Waals surface area contributed by atoms with Crippen LogP contribution in [0.25, 0.3) is 0 Å². The number of benzene rings is 1. The molecule has 0 atom stereocenters. The molecular weight excluding hydrogens is 350 g/mol. The predicted molar refractivity (Wildman–Crippen MR) is 80.3 cm³/mol. The van der Waals surface area contributed by atoms with E-state index in [2.05, 4.69) is 15.9 Å². The highest BCUT2D eigenvalue weighted by Crippen LogP contribution is 2.31. The maximum Gasteiger partial charge on any atom is 0.273 e. The van der Waals surface area contributed by atoms with Crippen LogP contribution in [0, 0.1) is 0 Å². The molecular formula is C12H12BrNO3S2. The number of aromatic hydroxyl groups is 1. The van der Waals surface area contributed by atoms with E-state index in [0.717, 1.165) is 15.1 Å². The van der Waals surface area contributed by atoms with Crippen LogP contribution < -0.4 is 4.31 Å². The molecule has 0 fully saturated rings. The maximum absolute atomic E-state index is 12.5. The minimum absolute atomic E-state index is 0.0403. The molecule has 2 rings (SSSR count). The lowest BCUT2D eigenvalue weighted by Crippen LogP contribution is -2.30. The molecule has 0 unspecified atom stereocenters. The second-order valence-corrected chi connectivity index (χ2v) is 8.30. The van der Waals surface area contributed by atoms with Gasteiger partial charge in [-0.2, -0.15) is 0 Å². The van der Waals surface area contributed by atoms with Crippen molar-refractivity contribution in [3.8, 4) is 5.75 Å². The minimum Gasteiger partial charge on any atom is -0.508 e. The molecule has 1 aromatic carbocycles. The normalized spacial score (nSPS) is 11.5. The number of nitrogens with zero attached hydrogens (tertiary/aromatic N) is 1. The van der Waals surface area contributed by atoms with E-state index in [1.165, 1.54) is 16.4 Å². The summed E-state index contributed by atoms with van der Waals surface area (Å²) in [7, 11) is -3.59. The molecule has 2 aromatic rings. The molecule has 4 nitrogen and oxygen atoms in total. The van der Waals surface area contributed by atoms with Crippen LogP contribution in [0.4, 0.5) is 5.69 Å². The number of sulfonamides is 1. The topological polar surface area (TPSA) is 57.6 Å². The zero-order valence-corrected chi connectivity index (χ0v) is 13.3. The third-order valence-electron chi connectivity index (χ3n) is 2.50. The summed E-state index contributed by atoms with van der Waals surface area (Å²) in [6.45, 7) is 2.05. The van der Waals surface area contributed by atoms with E-state index in [9.17, 15) is 13.5 Å². The monoisotopic (exact) mass is 361 g/mol. The molecule has 7 heteroatoms. The van der Waals surface area contributed by atoms with Crippen LogP contribution in [0.1, 0.15) is 6.92 Å². The van der Waals surface area contributed by atoms with E-state index in [1.807, 2.05) is 0 Å². The largest absolute Gasteiger partial charge is 0.508 e. The fourth-order valence-electron chi connectivity index (χ4n) is 1.68. The molecule has 102 valence electrons. The predicted octanol–water partition coefficient (Wildman–Crippen LogP) is 3.43. The van der Waals surface area contributed by atoms with Crippen molar-refractivity contribution >= 4 is 43.0 Å². The molecule has 1 heterocycles. The number of thiophene rings is 1. The fraction of sp³-hybridized carbons (Fsp3) is 0.167. The molecule has 0 spiro atoms. The van der Waals surface area contributed by atoms with E-state index < -0.39 is 10.0 Å². The van der Waals surface area contributed by atoms with Gasteiger partial charge in [0, 0.05) is 12.6 Å². The van der Waals surface area contributed by atoms with Gasteiger partial charge in [-0.1, -0.05) is 6.07 Å². The number of rotatable bonds is 4. The van der Waals surface area contributed by atoms with Crippen molar-refractivity contribution in [1.82, 2.24) is 0 Å². The average molecular weight is 362 g/mol. The van der Waals surface area contributed by atoms with Crippen molar-refractivity contribution in [2.24, 2.45) is 0 Å². The summed E-state index contributed by atoms with van der Waals surface area (Å²) in [5.74, 6) is 0.0403. The number of halogens is 1. The summed E-state index contributed by atoms with van der Waals surface area (Å²) in [4.78, 5) is 0. The summed E-state index contributed by atoms with van der Waals surface area (Å²) in [6.07, 6.45) is 0. The summed E-state index contributed by atoms with van der Waals surface area (Å²) in [5, 5.41) is 9.47. The Bertz CT molecular complexity index is 682. The zero-order valence-electron chi connectivity index (χ0n) is 10.1. The van der Waals surface area contributed by atoms with E-state index >= 15 is 0 Å². The summed E-state index contributed by atoms with van der Waals surface area (Å²) in [5.41, 5.74) is 0.451. The van der Waals surface area contributed by atoms with Crippen LogP contribution in [0.2, 0.25) is 0 Å². The molecule has 19 heavy (non-hydrogen) atoms. The Morgan fingerprint density at radius 1 is 1.32 bits per heavy atom. The van der Waals surface area contributed by atoms with Gasteiger partial charge in [-0.25, -0.2) is 8.42 Å². The van der Waals surface area contributed by atoms with Crippen LogP contribution in [-0.2, 0) is 10.0 Å². The van der Waals surface area contributed by atoms with Crippen LogP contribution in [0.3, 0.4) is 0 Å². The Morgan fingerprint density at radius 3 is 2.58 bits per heavy atom. The average Bonchev–Trinajstić information content (AvgIpc) is 2.77. The van der Waals surface area contributed by atoms with E-state index in [4.69, 9.17) is 0 Å². The second kappa shape index (κ2) is 5.52. The van der Waals surface area contributed by atoms with Crippen LogP contribution >= 0.6 is 27.3 Å². The van der Waals surface area contributed by atoms with E-state index in [0.29, 0.717) is 12.2 Å². The number of hydrogen-bond donors (Lipinski definition) is 1. The molecule has 0 radical (unpaired) electrons. The maximum atomic E-state index is 12.5. The Hall–Kier alpha value is -1.05. The molecule has 1 N–H and O–H groups in total. The van der Waals surface area contributed by atoms with Gasteiger partial charge >= 0.3 is 0 Å². The molecule has 0 aliphatic rings. The first-order valence-electron chi connectivity index (χ1n) is 5.52. The van der Waals surface area contributed by atoms with Crippen molar-refractivity contribution in [1.29, 1.82) is 0 Å². The SMILES string of the molecule is CCN(c1cccc(O)c1)S(=O)(=O)c1ccc(Br)s1. The van der Waals surface area contributed by atoms with Gasteiger partial charge in [0.05, 0.1) is 9.47 Å². The first-order chi connectivity index (χ1) is 8.95. The molecule has 1 aromatic heterocycles. The fourth-order valence-corrected chi connectivity index (χ4v) is 5.27. The first-order valence-corrected chi connectivity index (χ1v) is 8.57. The lowest BCUT2D eigenvalue weighted by molar-refractivity contribution is 0.475. The van der Waals surface area contributed by atoms with Gasteiger partial charge < -0.3 is 5.11 Å². The Balaban J connectivity index is 2.47. The second-order valence-electron chi connectivity index (χ2n) is 3.75. The minimum atomic E-state index is -3.59. The highest BCUT2D eigenvalue weighted by Gasteiger charge is 2.25. The molecule has 0 bridgehead atoms. The third-order valence-corrected chi connectivity index (χ3v) is 6.49. The summed E-state index contributed by atoms with van der Waals surface area (Å²) >= 11 is 4.42. The van der Waals surface area contributed by atoms with Crippen molar-refractivity contribution in [2.75, 3.05) is 10.8 Å². The van der Waals surface area contributed by atoms with E-state index in [1.54, 1.807) is 31.2 Å². The quantitative estimate of drug-likeness (QED) is 0.907. The Labute approximate surface area is 124 Å². The van der Waals surface area contributed by atoms with E-state index in [-0.39, 0.29) is 9.96 Å². The van der Waals surface area contributed by atoms with Crippen molar-refractivity contribution in [3.63, 3.8) is 0 Å². The number of phenolic OH excluding ortho intramolecular Hbond substituents is 1. The van der Waals surface area contributed by atoms with Gasteiger partial charge in [0.1, 0.15) is 9.96 Å². The highest BCUT2D eigenvalue weighted by atomic mass is 79.9. The number of anilines is 1. The van der Waals surface area contributed by atoms with Gasteiger partial charge in [-0.3, -0.25) is 4.31 Å². The van der Waals surface area contributed by atoms with Crippen LogP contribution in [-0.4, -0.2) is 20.1 Å².